The number of hydrogen-bond acceptors (Lipinski definition) is 3. The summed E-state index contributed by atoms with van der Waals surface area (Å²) >= 11 is 0. The van der Waals surface area contributed by atoms with Crippen LogP contribution in [0.1, 0.15) is 24.8 Å². The molecule has 1 atom stereocenters. The van der Waals surface area contributed by atoms with Crippen LogP contribution in [0.4, 0.5) is 0 Å². The Kier molecular flexibility index (Phi) is 5.51. The van der Waals surface area contributed by atoms with Gasteiger partial charge in [0.25, 0.3) is 0 Å². The zero-order chi connectivity index (χ0) is 14.3. The van der Waals surface area contributed by atoms with Crippen LogP contribution in [0.2, 0.25) is 0 Å². The number of carbonyl (C=O) groups is 2. The number of aliphatic carboxylic acids is 2. The van der Waals surface area contributed by atoms with Gasteiger partial charge in [-0.2, -0.15) is 0 Å². The Morgan fingerprint density at radius 3 is 2.32 bits per heavy atom. The van der Waals surface area contributed by atoms with Gasteiger partial charge in [0.15, 0.2) is 5.60 Å². The SMILES string of the molecule is COC(CCCC(=O)O)(Cc1ccccc1)C(=O)O. The maximum atomic E-state index is 11.5. The van der Waals surface area contributed by atoms with E-state index in [1.165, 1.54) is 7.11 Å². The number of carboxylic acid groups (broad SMARTS) is 2. The highest BCUT2D eigenvalue weighted by Crippen LogP contribution is 2.24. The van der Waals surface area contributed by atoms with E-state index in [2.05, 4.69) is 0 Å². The maximum absolute atomic E-state index is 11.5. The van der Waals surface area contributed by atoms with E-state index in [4.69, 9.17) is 9.84 Å². The Bertz CT molecular complexity index is 429. The van der Waals surface area contributed by atoms with Crippen molar-refractivity contribution in [1.82, 2.24) is 0 Å². The first-order valence-corrected chi connectivity index (χ1v) is 6.04. The van der Waals surface area contributed by atoms with Gasteiger partial charge in [-0.1, -0.05) is 30.3 Å². The summed E-state index contributed by atoms with van der Waals surface area (Å²) in [5.74, 6) is -2.00. The summed E-state index contributed by atoms with van der Waals surface area (Å²) in [6.07, 6.45) is 0.592. The second-order valence-corrected chi connectivity index (χ2v) is 4.41. The van der Waals surface area contributed by atoms with E-state index < -0.39 is 17.5 Å². The molecule has 2 N–H and O–H groups in total. The molecule has 0 heterocycles. The number of ether oxygens (including phenoxy) is 1. The van der Waals surface area contributed by atoms with Crippen molar-refractivity contribution in [2.45, 2.75) is 31.3 Å². The van der Waals surface area contributed by atoms with E-state index in [1.807, 2.05) is 30.3 Å². The number of methoxy groups -OCH3 is 1. The molecule has 0 bridgehead atoms. The largest absolute Gasteiger partial charge is 0.481 e. The molecule has 0 fully saturated rings. The number of benzene rings is 1. The highest BCUT2D eigenvalue weighted by molar-refractivity contribution is 5.78. The van der Waals surface area contributed by atoms with Crippen molar-refractivity contribution in [3.8, 4) is 0 Å². The number of carboxylic acids is 2. The van der Waals surface area contributed by atoms with E-state index in [9.17, 15) is 14.7 Å². The van der Waals surface area contributed by atoms with Crippen LogP contribution in [0.15, 0.2) is 30.3 Å². The van der Waals surface area contributed by atoms with Gasteiger partial charge in [0.1, 0.15) is 0 Å². The minimum absolute atomic E-state index is 0.0623. The van der Waals surface area contributed by atoms with E-state index in [1.54, 1.807) is 0 Å². The van der Waals surface area contributed by atoms with Crippen molar-refractivity contribution >= 4 is 11.9 Å². The van der Waals surface area contributed by atoms with Gasteiger partial charge in [-0.05, 0) is 18.4 Å². The molecule has 5 heteroatoms. The van der Waals surface area contributed by atoms with Crippen LogP contribution < -0.4 is 0 Å². The topological polar surface area (TPSA) is 83.8 Å². The third kappa shape index (κ3) is 4.37. The van der Waals surface area contributed by atoms with Crippen molar-refractivity contribution in [2.75, 3.05) is 7.11 Å². The quantitative estimate of drug-likeness (QED) is 0.751. The third-order valence-electron chi connectivity index (χ3n) is 3.08. The molecule has 0 radical (unpaired) electrons. The van der Waals surface area contributed by atoms with Gasteiger partial charge >= 0.3 is 11.9 Å². The van der Waals surface area contributed by atoms with Crippen LogP contribution in [-0.2, 0) is 20.7 Å². The molecule has 104 valence electrons. The molecule has 0 saturated carbocycles. The van der Waals surface area contributed by atoms with Crippen LogP contribution in [0.3, 0.4) is 0 Å². The highest BCUT2D eigenvalue weighted by Gasteiger charge is 2.38. The van der Waals surface area contributed by atoms with Crippen molar-refractivity contribution in [1.29, 1.82) is 0 Å². The van der Waals surface area contributed by atoms with Crippen LogP contribution >= 0.6 is 0 Å². The molecule has 19 heavy (non-hydrogen) atoms. The lowest BCUT2D eigenvalue weighted by Gasteiger charge is -2.28. The molecule has 5 nitrogen and oxygen atoms in total. The minimum Gasteiger partial charge on any atom is -0.481 e. The second kappa shape index (κ2) is 6.89. The van der Waals surface area contributed by atoms with Gasteiger partial charge in [0, 0.05) is 20.0 Å². The zero-order valence-electron chi connectivity index (χ0n) is 10.8. The molecule has 1 rings (SSSR count). The van der Waals surface area contributed by atoms with Crippen LogP contribution in [0, 0.1) is 0 Å². The molecule has 0 saturated heterocycles. The first kappa shape index (κ1) is 15.2. The fraction of sp³-hybridized carbons (Fsp3) is 0.429. The van der Waals surface area contributed by atoms with Gasteiger partial charge in [0.2, 0.25) is 0 Å². The number of rotatable bonds is 8. The molecule has 1 unspecified atom stereocenters. The Morgan fingerprint density at radius 2 is 1.84 bits per heavy atom. The van der Waals surface area contributed by atoms with Crippen LogP contribution in [0.5, 0.6) is 0 Å². The zero-order valence-corrected chi connectivity index (χ0v) is 10.8. The minimum atomic E-state index is -1.36. The Labute approximate surface area is 111 Å². The Hall–Kier alpha value is -1.88. The van der Waals surface area contributed by atoms with Crippen molar-refractivity contribution < 1.29 is 24.5 Å². The van der Waals surface area contributed by atoms with Gasteiger partial charge in [-0.15, -0.1) is 0 Å². The molecule has 0 amide bonds. The molecular weight excluding hydrogens is 248 g/mol. The summed E-state index contributed by atoms with van der Waals surface area (Å²) in [5.41, 5.74) is -0.515. The predicted molar refractivity (Wildman–Crippen MR) is 69.0 cm³/mol. The average Bonchev–Trinajstić information content (AvgIpc) is 2.38. The first-order chi connectivity index (χ1) is 9.00. The average molecular weight is 266 g/mol. The third-order valence-corrected chi connectivity index (χ3v) is 3.08. The molecule has 0 aromatic heterocycles. The molecule has 0 aliphatic rings. The van der Waals surface area contributed by atoms with Crippen molar-refractivity contribution in [3.63, 3.8) is 0 Å². The lowest BCUT2D eigenvalue weighted by atomic mass is 9.89. The lowest BCUT2D eigenvalue weighted by molar-refractivity contribution is -0.163. The fourth-order valence-electron chi connectivity index (χ4n) is 1.98. The van der Waals surface area contributed by atoms with Crippen LogP contribution in [0.25, 0.3) is 0 Å². The van der Waals surface area contributed by atoms with Gasteiger partial charge in [-0.25, -0.2) is 4.79 Å². The first-order valence-electron chi connectivity index (χ1n) is 6.04. The summed E-state index contributed by atoms with van der Waals surface area (Å²) in [6, 6.07) is 9.16. The van der Waals surface area contributed by atoms with E-state index in [-0.39, 0.29) is 25.7 Å². The smallest absolute Gasteiger partial charge is 0.336 e. The molecule has 1 aromatic rings. The number of hydrogen-bond donors (Lipinski definition) is 2. The van der Waals surface area contributed by atoms with Gasteiger partial charge in [-0.3, -0.25) is 4.79 Å². The monoisotopic (exact) mass is 266 g/mol. The maximum Gasteiger partial charge on any atom is 0.336 e. The fourth-order valence-corrected chi connectivity index (χ4v) is 1.98. The standard InChI is InChI=1S/C14H18O5/c1-19-14(13(17)18,9-5-8-12(15)16)10-11-6-3-2-4-7-11/h2-4,6-7H,5,8-10H2,1H3,(H,15,16)(H,17,18). The summed E-state index contributed by atoms with van der Waals surface area (Å²) in [6.45, 7) is 0. The van der Waals surface area contributed by atoms with Crippen molar-refractivity contribution in [2.24, 2.45) is 0 Å². The van der Waals surface area contributed by atoms with Gasteiger partial charge < -0.3 is 14.9 Å². The second-order valence-electron chi connectivity index (χ2n) is 4.41. The highest BCUT2D eigenvalue weighted by atomic mass is 16.5. The van der Waals surface area contributed by atoms with Crippen molar-refractivity contribution in [3.05, 3.63) is 35.9 Å². The Balaban J connectivity index is 2.80. The molecular formula is C14H18O5. The van der Waals surface area contributed by atoms with E-state index in [0.29, 0.717) is 0 Å². The molecule has 0 spiro atoms. The van der Waals surface area contributed by atoms with Crippen LogP contribution in [-0.4, -0.2) is 34.9 Å². The van der Waals surface area contributed by atoms with Gasteiger partial charge in [0.05, 0.1) is 0 Å². The normalized spacial score (nSPS) is 13.7. The van der Waals surface area contributed by atoms with E-state index >= 15 is 0 Å². The molecule has 1 aromatic carbocycles. The van der Waals surface area contributed by atoms with E-state index in [0.717, 1.165) is 5.56 Å². The summed E-state index contributed by atoms with van der Waals surface area (Å²) in [5, 5.41) is 18.0. The summed E-state index contributed by atoms with van der Waals surface area (Å²) < 4.78 is 5.19. The summed E-state index contributed by atoms with van der Waals surface area (Å²) in [4.78, 5) is 22.0. The summed E-state index contributed by atoms with van der Waals surface area (Å²) in [7, 11) is 1.35. The molecule has 0 aliphatic carbocycles. The predicted octanol–water partition coefficient (Wildman–Crippen LogP) is 1.95. The molecule has 0 aliphatic heterocycles. The lowest BCUT2D eigenvalue weighted by Crippen LogP contribution is -2.43. The Morgan fingerprint density at radius 1 is 1.21 bits per heavy atom.